The average molecular weight is 296 g/mol. The first kappa shape index (κ1) is 12.6. The molecule has 92 valence electrons. The van der Waals surface area contributed by atoms with Crippen LogP contribution >= 0.6 is 15.9 Å². The van der Waals surface area contributed by atoms with Gasteiger partial charge in [-0.3, -0.25) is 4.79 Å². The van der Waals surface area contributed by atoms with E-state index in [0.29, 0.717) is 0 Å². The fraction of sp³-hybridized carbons (Fsp3) is 0.500. The van der Waals surface area contributed by atoms with Crippen molar-refractivity contribution >= 4 is 27.4 Å². The number of halogens is 1. The van der Waals surface area contributed by atoms with Crippen LogP contribution in [0.1, 0.15) is 44.0 Å². The summed E-state index contributed by atoms with van der Waals surface area (Å²) in [6.07, 6.45) is 2.46. The maximum Gasteiger partial charge on any atom is 0.160 e. The molecule has 0 spiro atoms. The van der Waals surface area contributed by atoms with Crippen molar-refractivity contribution in [2.24, 2.45) is 0 Å². The molecule has 2 rings (SSSR count). The number of nitrogens with zero attached hydrogens (tertiary/aromatic N) is 1. The molecule has 0 unspecified atom stereocenters. The Bertz CT molecular complexity index is 454. The first-order valence-corrected chi connectivity index (χ1v) is 6.79. The fourth-order valence-electron chi connectivity index (χ4n) is 2.54. The number of hydrogen-bond donors (Lipinski definition) is 0. The number of anilines is 1. The van der Waals surface area contributed by atoms with Crippen molar-refractivity contribution in [2.45, 2.75) is 39.2 Å². The molecule has 0 amide bonds. The largest absolute Gasteiger partial charge is 0.366 e. The maximum absolute atomic E-state index is 11.4. The molecular formula is C14H18BrNO. The van der Waals surface area contributed by atoms with Gasteiger partial charge in [0.15, 0.2) is 5.78 Å². The van der Waals surface area contributed by atoms with Gasteiger partial charge in [-0.25, -0.2) is 0 Å². The Morgan fingerprint density at radius 3 is 2.59 bits per heavy atom. The van der Waals surface area contributed by atoms with Crippen molar-refractivity contribution in [1.29, 1.82) is 0 Å². The summed E-state index contributed by atoms with van der Waals surface area (Å²) in [5.41, 5.74) is 2.17. The zero-order valence-corrected chi connectivity index (χ0v) is 12.2. The molecule has 1 saturated heterocycles. The van der Waals surface area contributed by atoms with Gasteiger partial charge in [0, 0.05) is 27.8 Å². The normalized spacial score (nSPS) is 18.5. The monoisotopic (exact) mass is 295 g/mol. The van der Waals surface area contributed by atoms with Crippen molar-refractivity contribution < 1.29 is 4.79 Å². The summed E-state index contributed by atoms with van der Waals surface area (Å²) in [7, 11) is 0. The molecule has 1 fully saturated rings. The Balaban J connectivity index is 2.35. The average Bonchev–Trinajstić information content (AvgIpc) is 2.57. The molecular weight excluding hydrogens is 278 g/mol. The number of ketones is 1. The molecule has 17 heavy (non-hydrogen) atoms. The molecule has 0 N–H and O–H groups in total. The molecule has 0 aliphatic carbocycles. The van der Waals surface area contributed by atoms with Crippen LogP contribution in [0.4, 0.5) is 5.69 Å². The Morgan fingerprint density at radius 1 is 1.41 bits per heavy atom. The highest BCUT2D eigenvalue weighted by Crippen LogP contribution is 2.35. The predicted octanol–water partition coefficient (Wildman–Crippen LogP) is 4.03. The molecule has 0 atom stereocenters. The molecule has 3 heteroatoms. The lowest BCUT2D eigenvalue weighted by Gasteiger charge is -2.34. The number of carbonyl (C=O) groups is 1. The molecule has 1 heterocycles. The van der Waals surface area contributed by atoms with E-state index in [1.807, 2.05) is 6.07 Å². The molecule has 1 aliphatic heterocycles. The van der Waals surface area contributed by atoms with E-state index in [0.717, 1.165) is 16.6 Å². The molecule has 0 aromatic heterocycles. The van der Waals surface area contributed by atoms with Crippen LogP contribution in [0.25, 0.3) is 0 Å². The molecule has 2 nitrogen and oxygen atoms in total. The van der Waals surface area contributed by atoms with Gasteiger partial charge in [0.1, 0.15) is 0 Å². The van der Waals surface area contributed by atoms with Crippen molar-refractivity contribution in [3.63, 3.8) is 0 Å². The minimum absolute atomic E-state index is 0.101. The van der Waals surface area contributed by atoms with E-state index in [-0.39, 0.29) is 11.3 Å². The smallest absolute Gasteiger partial charge is 0.160 e. The Morgan fingerprint density at radius 2 is 2.12 bits per heavy atom. The molecule has 1 aromatic rings. The first-order valence-electron chi connectivity index (χ1n) is 6.00. The lowest BCUT2D eigenvalue weighted by Crippen LogP contribution is -2.38. The van der Waals surface area contributed by atoms with Gasteiger partial charge >= 0.3 is 0 Å². The van der Waals surface area contributed by atoms with E-state index in [4.69, 9.17) is 0 Å². The second-order valence-electron chi connectivity index (χ2n) is 5.29. The summed E-state index contributed by atoms with van der Waals surface area (Å²) in [6, 6.07) is 6.02. The Kier molecular flexibility index (Phi) is 3.30. The van der Waals surface area contributed by atoms with Crippen LogP contribution in [0.15, 0.2) is 22.7 Å². The van der Waals surface area contributed by atoms with Crippen LogP contribution in [0, 0.1) is 0 Å². The third kappa shape index (κ3) is 2.39. The minimum Gasteiger partial charge on any atom is -0.366 e. The summed E-state index contributed by atoms with van der Waals surface area (Å²) in [4.78, 5) is 13.8. The van der Waals surface area contributed by atoms with Crippen LogP contribution in [-0.2, 0) is 0 Å². The van der Waals surface area contributed by atoms with Crippen LogP contribution in [-0.4, -0.2) is 17.9 Å². The third-order valence-corrected chi connectivity index (χ3v) is 4.20. The zero-order chi connectivity index (χ0) is 12.6. The van der Waals surface area contributed by atoms with Crippen LogP contribution in [0.3, 0.4) is 0 Å². The van der Waals surface area contributed by atoms with Gasteiger partial charge in [0.2, 0.25) is 0 Å². The van der Waals surface area contributed by atoms with Crippen LogP contribution in [0.5, 0.6) is 0 Å². The molecule has 1 aromatic carbocycles. The standard InChI is InChI=1S/C14H18BrNO/c1-10(17)12-6-5-11(9-13(12)15)16-8-4-7-14(16,2)3/h5-6,9H,4,7-8H2,1-3H3. The topological polar surface area (TPSA) is 20.3 Å². The van der Waals surface area contributed by atoms with Crippen LogP contribution in [0.2, 0.25) is 0 Å². The first-order chi connectivity index (χ1) is 7.92. The van der Waals surface area contributed by atoms with Gasteiger partial charge in [-0.05, 0) is 67.7 Å². The number of carbonyl (C=O) groups excluding carboxylic acids is 1. The Hall–Kier alpha value is -0.830. The second-order valence-corrected chi connectivity index (χ2v) is 6.14. The number of rotatable bonds is 2. The van der Waals surface area contributed by atoms with Crippen molar-refractivity contribution in [3.05, 3.63) is 28.2 Å². The van der Waals surface area contributed by atoms with Gasteiger partial charge in [0.25, 0.3) is 0 Å². The highest BCUT2D eigenvalue weighted by Gasteiger charge is 2.32. The van der Waals surface area contributed by atoms with E-state index < -0.39 is 0 Å². The van der Waals surface area contributed by atoms with Crippen molar-refractivity contribution in [2.75, 3.05) is 11.4 Å². The zero-order valence-electron chi connectivity index (χ0n) is 10.6. The highest BCUT2D eigenvalue weighted by atomic mass is 79.9. The SMILES string of the molecule is CC(=O)c1ccc(N2CCCC2(C)C)cc1Br. The van der Waals surface area contributed by atoms with E-state index in [1.54, 1.807) is 6.92 Å². The molecule has 0 bridgehead atoms. The van der Waals surface area contributed by atoms with E-state index >= 15 is 0 Å². The summed E-state index contributed by atoms with van der Waals surface area (Å²) < 4.78 is 0.894. The van der Waals surface area contributed by atoms with Crippen molar-refractivity contribution in [3.8, 4) is 0 Å². The van der Waals surface area contributed by atoms with Gasteiger partial charge in [0.05, 0.1) is 0 Å². The molecule has 1 aliphatic rings. The lowest BCUT2D eigenvalue weighted by molar-refractivity contribution is 0.101. The number of benzene rings is 1. The summed E-state index contributed by atoms with van der Waals surface area (Å²) in [6.45, 7) is 7.23. The van der Waals surface area contributed by atoms with E-state index in [1.165, 1.54) is 18.5 Å². The van der Waals surface area contributed by atoms with Gasteiger partial charge in [-0.1, -0.05) is 0 Å². The van der Waals surface area contributed by atoms with Crippen LogP contribution < -0.4 is 4.90 Å². The lowest BCUT2D eigenvalue weighted by atomic mass is 10.0. The predicted molar refractivity (Wildman–Crippen MR) is 74.8 cm³/mol. The number of hydrogen-bond acceptors (Lipinski definition) is 2. The van der Waals surface area contributed by atoms with Gasteiger partial charge in [-0.15, -0.1) is 0 Å². The van der Waals surface area contributed by atoms with E-state index in [2.05, 4.69) is 46.8 Å². The summed E-state index contributed by atoms with van der Waals surface area (Å²) in [5.74, 6) is 0.101. The van der Waals surface area contributed by atoms with Gasteiger partial charge < -0.3 is 4.90 Å². The third-order valence-electron chi connectivity index (χ3n) is 3.54. The quantitative estimate of drug-likeness (QED) is 0.768. The van der Waals surface area contributed by atoms with E-state index in [9.17, 15) is 4.79 Å². The van der Waals surface area contributed by atoms with Crippen molar-refractivity contribution in [1.82, 2.24) is 0 Å². The van der Waals surface area contributed by atoms with Gasteiger partial charge in [-0.2, -0.15) is 0 Å². The molecule has 0 radical (unpaired) electrons. The summed E-state index contributed by atoms with van der Waals surface area (Å²) in [5, 5.41) is 0. The second kappa shape index (κ2) is 4.45. The summed E-state index contributed by atoms with van der Waals surface area (Å²) >= 11 is 3.48. The maximum atomic E-state index is 11.4. The fourth-order valence-corrected chi connectivity index (χ4v) is 3.19. The minimum atomic E-state index is 0.101. The molecule has 0 saturated carbocycles. The highest BCUT2D eigenvalue weighted by molar-refractivity contribution is 9.10. The Labute approximate surface area is 111 Å². The number of Topliss-reactive ketones (excluding diaryl/α,β-unsaturated/α-hetero) is 1.